The number of carbonyl (C=O) groups is 1. The van der Waals surface area contributed by atoms with Crippen LogP contribution in [-0.4, -0.2) is 28.1 Å². The van der Waals surface area contributed by atoms with E-state index in [1.165, 1.54) is 0 Å². The predicted octanol–water partition coefficient (Wildman–Crippen LogP) is 3.23. The zero-order chi connectivity index (χ0) is 16.2. The van der Waals surface area contributed by atoms with Crippen LogP contribution in [0.5, 0.6) is 0 Å². The number of nitrogens with zero attached hydrogens (tertiary/aromatic N) is 1. The van der Waals surface area contributed by atoms with Gasteiger partial charge in [0.15, 0.2) is 0 Å². The number of nitro benzene ring substituents is 1. The normalized spacial score (nSPS) is 11.3. The molecule has 1 aromatic rings. The van der Waals surface area contributed by atoms with Crippen LogP contribution in [0.2, 0.25) is 0 Å². The van der Waals surface area contributed by atoms with Crippen LogP contribution in [0.15, 0.2) is 12.1 Å². The summed E-state index contributed by atoms with van der Waals surface area (Å²) in [7, 11) is 0. The Kier molecular flexibility index (Phi) is 5.86. The summed E-state index contributed by atoms with van der Waals surface area (Å²) < 4.78 is 27.2. The van der Waals surface area contributed by atoms with E-state index in [0.717, 1.165) is 0 Å². The first kappa shape index (κ1) is 17.6. The first-order valence-corrected chi connectivity index (χ1v) is 6.95. The molecule has 0 bridgehead atoms. The lowest BCUT2D eigenvalue weighted by Gasteiger charge is -2.29. The molecule has 0 saturated carbocycles. The van der Waals surface area contributed by atoms with Gasteiger partial charge in [0, 0.05) is 11.8 Å². The number of carbonyl (C=O) groups excluding carboxylic acids is 1. The van der Waals surface area contributed by atoms with E-state index in [-0.39, 0.29) is 11.8 Å². The molecule has 116 valence electrons. The van der Waals surface area contributed by atoms with E-state index >= 15 is 0 Å². The molecule has 0 spiro atoms. The van der Waals surface area contributed by atoms with Crippen LogP contribution in [0.4, 0.5) is 14.5 Å². The van der Waals surface area contributed by atoms with E-state index in [0.29, 0.717) is 18.6 Å². The summed E-state index contributed by atoms with van der Waals surface area (Å²) in [6, 6.07) is 0.989. The third-order valence-corrected chi connectivity index (χ3v) is 4.05. The molecule has 1 rings (SSSR count). The third-order valence-electron chi connectivity index (χ3n) is 3.03. The molecular formula is C12H12Cl2F2N2O3. The van der Waals surface area contributed by atoms with Gasteiger partial charge in [-0.25, -0.2) is 4.39 Å². The molecule has 0 fully saturated rings. The van der Waals surface area contributed by atoms with Crippen LogP contribution < -0.4 is 5.32 Å². The van der Waals surface area contributed by atoms with Crippen molar-refractivity contribution in [1.82, 2.24) is 5.32 Å². The van der Waals surface area contributed by atoms with E-state index in [4.69, 9.17) is 23.2 Å². The van der Waals surface area contributed by atoms with Crippen LogP contribution >= 0.6 is 23.2 Å². The lowest BCUT2D eigenvalue weighted by molar-refractivity contribution is -0.387. The molecule has 0 atom stereocenters. The fraction of sp³-hybridized carbons (Fsp3) is 0.417. The second-order valence-corrected chi connectivity index (χ2v) is 4.93. The maximum absolute atomic E-state index is 13.9. The van der Waals surface area contributed by atoms with Crippen molar-refractivity contribution in [2.24, 2.45) is 0 Å². The minimum Gasteiger partial charge on any atom is -0.344 e. The number of hydrogen-bond acceptors (Lipinski definition) is 3. The second-order valence-electron chi connectivity index (χ2n) is 4.40. The van der Waals surface area contributed by atoms with Crippen molar-refractivity contribution in [2.45, 2.75) is 18.9 Å². The third kappa shape index (κ3) is 3.79. The Morgan fingerprint density at radius 3 is 2.38 bits per heavy atom. The number of nitro groups is 1. The molecule has 1 aromatic carbocycles. The maximum atomic E-state index is 13.9. The monoisotopic (exact) mass is 340 g/mol. The van der Waals surface area contributed by atoms with Crippen LogP contribution in [-0.2, 0) is 0 Å². The standard InChI is InChI=1S/C12H12Cl2F2N2O3/c1-2-12(5-13,6-14)17-11(19)8-3-7(15)4-9(10(8)16)18(20)21/h3-4H,2,5-6H2,1H3,(H,17,19). The van der Waals surface area contributed by atoms with Gasteiger partial charge in [-0.3, -0.25) is 14.9 Å². The van der Waals surface area contributed by atoms with Crippen LogP contribution in [0, 0.1) is 21.7 Å². The number of hydrogen-bond donors (Lipinski definition) is 1. The molecule has 1 amide bonds. The van der Waals surface area contributed by atoms with E-state index in [9.17, 15) is 23.7 Å². The van der Waals surface area contributed by atoms with Crippen molar-refractivity contribution in [2.75, 3.05) is 11.8 Å². The van der Waals surface area contributed by atoms with Gasteiger partial charge in [-0.1, -0.05) is 6.92 Å². The smallest absolute Gasteiger partial charge is 0.308 e. The first-order valence-electron chi connectivity index (χ1n) is 5.88. The number of alkyl halides is 2. The number of amides is 1. The van der Waals surface area contributed by atoms with E-state index in [1.807, 2.05) is 0 Å². The van der Waals surface area contributed by atoms with Gasteiger partial charge in [0.25, 0.3) is 5.91 Å². The van der Waals surface area contributed by atoms with Crippen molar-refractivity contribution >= 4 is 34.8 Å². The van der Waals surface area contributed by atoms with Crippen molar-refractivity contribution in [1.29, 1.82) is 0 Å². The summed E-state index contributed by atoms with van der Waals surface area (Å²) in [6.07, 6.45) is 0.352. The Hall–Kier alpha value is -1.47. The SMILES string of the molecule is CCC(CCl)(CCl)NC(=O)c1cc(F)cc([N+](=O)[O-])c1F. The molecule has 0 aromatic heterocycles. The Bertz CT molecular complexity index is 557. The molecule has 0 aliphatic carbocycles. The van der Waals surface area contributed by atoms with Gasteiger partial charge < -0.3 is 5.32 Å². The molecule has 5 nitrogen and oxygen atoms in total. The molecule has 0 unspecified atom stereocenters. The fourth-order valence-corrected chi connectivity index (χ4v) is 2.36. The molecule has 1 N–H and O–H groups in total. The highest BCUT2D eigenvalue weighted by Gasteiger charge is 2.31. The van der Waals surface area contributed by atoms with Crippen LogP contribution in [0.25, 0.3) is 0 Å². The van der Waals surface area contributed by atoms with Crippen molar-refractivity contribution in [3.8, 4) is 0 Å². The molecule has 9 heteroatoms. The van der Waals surface area contributed by atoms with Gasteiger partial charge in [0.2, 0.25) is 5.82 Å². The second kappa shape index (κ2) is 7.00. The summed E-state index contributed by atoms with van der Waals surface area (Å²) in [5.74, 6) is -3.60. The molecule has 0 aliphatic rings. The Balaban J connectivity index is 3.22. The van der Waals surface area contributed by atoms with Crippen LogP contribution in [0.1, 0.15) is 23.7 Å². The maximum Gasteiger partial charge on any atom is 0.308 e. The average Bonchev–Trinajstić information content (AvgIpc) is 2.46. The molecule has 0 heterocycles. The van der Waals surface area contributed by atoms with E-state index in [2.05, 4.69) is 5.32 Å². The summed E-state index contributed by atoms with van der Waals surface area (Å²) in [4.78, 5) is 21.5. The minimum absolute atomic E-state index is 0.0439. The van der Waals surface area contributed by atoms with Gasteiger partial charge in [0.1, 0.15) is 5.82 Å². The predicted molar refractivity (Wildman–Crippen MR) is 74.9 cm³/mol. The number of benzene rings is 1. The molecule has 0 radical (unpaired) electrons. The Morgan fingerprint density at radius 2 is 1.95 bits per heavy atom. The van der Waals surface area contributed by atoms with Crippen molar-refractivity contribution < 1.29 is 18.5 Å². The minimum atomic E-state index is -1.41. The Morgan fingerprint density at radius 1 is 1.38 bits per heavy atom. The molecular weight excluding hydrogens is 329 g/mol. The number of rotatable bonds is 6. The van der Waals surface area contributed by atoms with E-state index < -0.39 is 39.3 Å². The Labute approximate surface area is 129 Å². The lowest BCUT2D eigenvalue weighted by atomic mass is 10.0. The lowest BCUT2D eigenvalue weighted by Crippen LogP contribution is -2.51. The van der Waals surface area contributed by atoms with Gasteiger partial charge in [-0.05, 0) is 12.5 Å². The van der Waals surface area contributed by atoms with Crippen molar-refractivity contribution in [3.05, 3.63) is 39.4 Å². The van der Waals surface area contributed by atoms with Gasteiger partial charge >= 0.3 is 5.69 Å². The summed E-state index contributed by atoms with van der Waals surface area (Å²) >= 11 is 11.5. The highest BCUT2D eigenvalue weighted by molar-refractivity contribution is 6.22. The zero-order valence-corrected chi connectivity index (χ0v) is 12.5. The highest BCUT2D eigenvalue weighted by atomic mass is 35.5. The number of halogens is 4. The first-order chi connectivity index (χ1) is 9.80. The zero-order valence-electron chi connectivity index (χ0n) is 11.0. The van der Waals surface area contributed by atoms with Gasteiger partial charge in [-0.2, -0.15) is 4.39 Å². The van der Waals surface area contributed by atoms with Gasteiger partial charge in [-0.15, -0.1) is 23.2 Å². The summed E-state index contributed by atoms with van der Waals surface area (Å²) in [6.45, 7) is 1.70. The topological polar surface area (TPSA) is 72.2 Å². The summed E-state index contributed by atoms with van der Waals surface area (Å²) in [5, 5.41) is 13.0. The van der Waals surface area contributed by atoms with Gasteiger partial charge in [0.05, 0.1) is 22.1 Å². The average molecular weight is 341 g/mol. The quantitative estimate of drug-likeness (QED) is 0.491. The molecule has 0 saturated heterocycles. The van der Waals surface area contributed by atoms with E-state index in [1.54, 1.807) is 6.92 Å². The fourth-order valence-electron chi connectivity index (χ4n) is 1.56. The largest absolute Gasteiger partial charge is 0.344 e. The molecule has 0 aliphatic heterocycles. The highest BCUT2D eigenvalue weighted by Crippen LogP contribution is 2.24. The van der Waals surface area contributed by atoms with Crippen LogP contribution in [0.3, 0.4) is 0 Å². The van der Waals surface area contributed by atoms with Crippen molar-refractivity contribution in [3.63, 3.8) is 0 Å². The number of nitrogens with one attached hydrogen (secondary N) is 1. The summed E-state index contributed by atoms with van der Waals surface area (Å²) in [5.41, 5.74) is -2.89. The molecule has 21 heavy (non-hydrogen) atoms.